The molecule has 0 aliphatic heterocycles. The normalized spacial score (nSPS) is 14.7. The number of hydrogen-bond donors (Lipinski definition) is 3. The van der Waals surface area contributed by atoms with Crippen LogP contribution < -0.4 is 11.1 Å². The van der Waals surface area contributed by atoms with Crippen molar-refractivity contribution in [2.45, 2.75) is 6.92 Å². The molecule has 0 saturated heterocycles. The number of nitrogens with zero attached hydrogens (tertiary/aromatic N) is 1. The zero-order chi connectivity index (χ0) is 9.40. The molecule has 0 fully saturated rings. The quantitative estimate of drug-likeness (QED) is 0.245. The van der Waals surface area contributed by atoms with Crippen molar-refractivity contribution >= 4 is 17.6 Å². The molecule has 0 amide bonds. The molecule has 0 aliphatic rings. The van der Waals surface area contributed by atoms with Gasteiger partial charge >= 0.3 is 0 Å². The highest BCUT2D eigenvalue weighted by atomic mass is 32.2. The van der Waals surface area contributed by atoms with Gasteiger partial charge in [-0.3, -0.25) is 0 Å². The van der Waals surface area contributed by atoms with Gasteiger partial charge in [0.1, 0.15) is 0 Å². The summed E-state index contributed by atoms with van der Waals surface area (Å²) in [7, 11) is 0. The Kier molecular flexibility index (Phi) is 6.99. The Balaban J connectivity index is 3.30. The molecule has 4 nitrogen and oxygen atoms in total. The summed E-state index contributed by atoms with van der Waals surface area (Å²) in [4.78, 5) is 0. The maximum atomic E-state index is 8.22. The highest BCUT2D eigenvalue weighted by molar-refractivity contribution is 7.98. The van der Waals surface area contributed by atoms with Crippen molar-refractivity contribution in [3.05, 3.63) is 0 Å². The minimum absolute atomic E-state index is 0.228. The van der Waals surface area contributed by atoms with E-state index in [9.17, 15) is 0 Å². The summed E-state index contributed by atoms with van der Waals surface area (Å²) in [6.45, 7) is 3.52. The van der Waals surface area contributed by atoms with Crippen molar-refractivity contribution in [1.82, 2.24) is 5.32 Å². The molecule has 0 rings (SSSR count). The monoisotopic (exact) mass is 191 g/mol. The van der Waals surface area contributed by atoms with Crippen LogP contribution in [0.5, 0.6) is 0 Å². The number of thioether (sulfide) groups is 1. The summed E-state index contributed by atoms with van der Waals surface area (Å²) in [5.41, 5.74) is 5.27. The van der Waals surface area contributed by atoms with Crippen LogP contribution in [0.4, 0.5) is 0 Å². The van der Waals surface area contributed by atoms with E-state index in [1.165, 1.54) is 0 Å². The lowest BCUT2D eigenvalue weighted by Gasteiger charge is -2.09. The van der Waals surface area contributed by atoms with Gasteiger partial charge < -0.3 is 16.3 Å². The molecule has 0 aromatic rings. The number of rotatable bonds is 6. The van der Waals surface area contributed by atoms with Crippen LogP contribution in [0.25, 0.3) is 0 Å². The van der Waals surface area contributed by atoms with Crippen LogP contribution in [-0.2, 0) is 0 Å². The van der Waals surface area contributed by atoms with Gasteiger partial charge in [0.05, 0.1) is 6.54 Å². The first kappa shape index (κ1) is 11.6. The third kappa shape index (κ3) is 6.30. The zero-order valence-corrected chi connectivity index (χ0v) is 8.40. The third-order valence-electron chi connectivity index (χ3n) is 1.38. The van der Waals surface area contributed by atoms with Crippen LogP contribution in [0.2, 0.25) is 0 Å². The number of oxime groups is 1. The molecule has 0 aliphatic carbocycles. The molecule has 0 saturated carbocycles. The van der Waals surface area contributed by atoms with Crippen LogP contribution in [0.1, 0.15) is 6.92 Å². The Bertz CT molecular complexity index is 141. The van der Waals surface area contributed by atoms with Gasteiger partial charge in [-0.25, -0.2) is 0 Å². The van der Waals surface area contributed by atoms with Crippen LogP contribution in [-0.4, -0.2) is 36.1 Å². The first-order chi connectivity index (χ1) is 5.70. The van der Waals surface area contributed by atoms with Crippen LogP contribution >= 0.6 is 11.8 Å². The molecule has 0 spiro atoms. The van der Waals surface area contributed by atoms with Gasteiger partial charge in [0.2, 0.25) is 0 Å². The topological polar surface area (TPSA) is 70.6 Å². The van der Waals surface area contributed by atoms with Crippen molar-refractivity contribution in [3.63, 3.8) is 0 Å². The second kappa shape index (κ2) is 7.24. The number of hydrogen-bond acceptors (Lipinski definition) is 4. The van der Waals surface area contributed by atoms with E-state index in [0.29, 0.717) is 12.5 Å². The lowest BCUT2D eigenvalue weighted by atomic mass is 10.2. The highest BCUT2D eigenvalue weighted by Gasteiger charge is 2.00. The average molecular weight is 191 g/mol. The van der Waals surface area contributed by atoms with Crippen molar-refractivity contribution in [3.8, 4) is 0 Å². The minimum atomic E-state index is 0.228. The summed E-state index contributed by atoms with van der Waals surface area (Å²) in [6.07, 6.45) is 2.08. The van der Waals surface area contributed by atoms with Crippen LogP contribution in [0, 0.1) is 5.92 Å². The molecule has 0 heterocycles. The fourth-order valence-corrected chi connectivity index (χ4v) is 1.51. The van der Waals surface area contributed by atoms with E-state index in [0.717, 1.165) is 12.3 Å². The lowest BCUT2D eigenvalue weighted by Crippen LogP contribution is -2.32. The maximum absolute atomic E-state index is 8.22. The van der Waals surface area contributed by atoms with Gasteiger partial charge in [0, 0.05) is 0 Å². The lowest BCUT2D eigenvalue weighted by molar-refractivity contribution is 0.317. The van der Waals surface area contributed by atoms with Crippen LogP contribution in [0.15, 0.2) is 5.16 Å². The number of nitrogens with two attached hydrogens (primary N) is 1. The van der Waals surface area contributed by atoms with Gasteiger partial charge in [-0.05, 0) is 24.5 Å². The molecule has 72 valence electrons. The predicted molar refractivity (Wildman–Crippen MR) is 53.8 cm³/mol. The Hall–Kier alpha value is -0.420. The van der Waals surface area contributed by atoms with E-state index in [1.807, 2.05) is 11.8 Å². The van der Waals surface area contributed by atoms with Gasteiger partial charge in [-0.15, -0.1) is 0 Å². The molecule has 0 radical (unpaired) electrons. The molecule has 0 bridgehead atoms. The van der Waals surface area contributed by atoms with Gasteiger partial charge in [-0.1, -0.05) is 12.1 Å². The molecule has 4 N–H and O–H groups in total. The maximum Gasteiger partial charge on any atom is 0.153 e. The molecule has 0 aromatic heterocycles. The third-order valence-corrected chi connectivity index (χ3v) is 2.28. The summed E-state index contributed by atoms with van der Waals surface area (Å²) < 4.78 is 0. The largest absolute Gasteiger partial charge is 0.409 e. The smallest absolute Gasteiger partial charge is 0.153 e. The minimum Gasteiger partial charge on any atom is -0.409 e. The fraction of sp³-hybridized carbons (Fsp3) is 0.857. The van der Waals surface area contributed by atoms with E-state index >= 15 is 0 Å². The molecule has 0 aromatic carbocycles. The second-order valence-electron chi connectivity index (χ2n) is 2.78. The first-order valence-electron chi connectivity index (χ1n) is 3.86. The van der Waals surface area contributed by atoms with Gasteiger partial charge in [-0.2, -0.15) is 11.8 Å². The number of nitrogens with one attached hydrogen (secondary N) is 1. The molecule has 1 atom stereocenters. The van der Waals surface area contributed by atoms with Crippen molar-refractivity contribution in [2.24, 2.45) is 16.8 Å². The predicted octanol–water partition coefficient (Wildman–Crippen LogP) is 0.321. The number of amidine groups is 1. The van der Waals surface area contributed by atoms with Crippen molar-refractivity contribution < 1.29 is 5.21 Å². The molecule has 1 unspecified atom stereocenters. The van der Waals surface area contributed by atoms with Gasteiger partial charge in [0.25, 0.3) is 0 Å². The Morgan fingerprint density at radius 3 is 2.92 bits per heavy atom. The summed E-state index contributed by atoms with van der Waals surface area (Å²) in [5.74, 6) is 1.97. The van der Waals surface area contributed by atoms with Crippen molar-refractivity contribution in [1.29, 1.82) is 0 Å². The Labute approximate surface area is 77.6 Å². The zero-order valence-electron chi connectivity index (χ0n) is 7.58. The molecule has 5 heteroatoms. The van der Waals surface area contributed by atoms with E-state index < -0.39 is 0 Å². The van der Waals surface area contributed by atoms with Gasteiger partial charge in [0.15, 0.2) is 5.84 Å². The molecular weight excluding hydrogens is 174 g/mol. The van der Waals surface area contributed by atoms with E-state index in [2.05, 4.69) is 23.7 Å². The van der Waals surface area contributed by atoms with Crippen LogP contribution in [0.3, 0.4) is 0 Å². The molecular formula is C7H17N3OS. The Morgan fingerprint density at radius 1 is 1.75 bits per heavy atom. The van der Waals surface area contributed by atoms with E-state index in [-0.39, 0.29) is 5.84 Å². The highest BCUT2D eigenvalue weighted by Crippen LogP contribution is 2.01. The fourth-order valence-electron chi connectivity index (χ4n) is 0.825. The SMILES string of the molecule is CSCC(C)CNCC(N)=NO. The van der Waals surface area contributed by atoms with E-state index in [1.54, 1.807) is 0 Å². The first-order valence-corrected chi connectivity index (χ1v) is 5.26. The molecule has 12 heavy (non-hydrogen) atoms. The summed E-state index contributed by atoms with van der Waals surface area (Å²) >= 11 is 1.82. The average Bonchev–Trinajstić information content (AvgIpc) is 2.04. The summed E-state index contributed by atoms with van der Waals surface area (Å²) in [6, 6.07) is 0. The Morgan fingerprint density at radius 2 is 2.42 bits per heavy atom. The van der Waals surface area contributed by atoms with E-state index in [4.69, 9.17) is 10.9 Å². The summed E-state index contributed by atoms with van der Waals surface area (Å²) in [5, 5.41) is 14.2. The van der Waals surface area contributed by atoms with Crippen molar-refractivity contribution in [2.75, 3.05) is 25.1 Å². The standard InChI is InChI=1S/C7H17N3OS/c1-6(5-12-2)3-9-4-7(8)10-11/h6,9,11H,3-5H2,1-2H3,(H2,8,10). The second-order valence-corrected chi connectivity index (χ2v) is 3.69.